The number of pyridine rings is 1. The molecule has 1 aromatic carbocycles. The van der Waals surface area contributed by atoms with E-state index in [0.29, 0.717) is 18.2 Å². The lowest BCUT2D eigenvalue weighted by atomic mass is 9.86. The van der Waals surface area contributed by atoms with Crippen LogP contribution in [0.4, 0.5) is 23.2 Å². The topological polar surface area (TPSA) is 78.4 Å². The van der Waals surface area contributed by atoms with Crippen molar-refractivity contribution in [2.24, 2.45) is 10.8 Å². The van der Waals surface area contributed by atoms with Gasteiger partial charge in [0.05, 0.1) is 17.8 Å². The van der Waals surface area contributed by atoms with Gasteiger partial charge in [0, 0.05) is 36.3 Å². The lowest BCUT2D eigenvalue weighted by Gasteiger charge is -2.28. The van der Waals surface area contributed by atoms with Crippen LogP contribution in [0.3, 0.4) is 0 Å². The van der Waals surface area contributed by atoms with E-state index in [2.05, 4.69) is 10.1 Å². The van der Waals surface area contributed by atoms with Crippen LogP contribution < -0.4 is 10.7 Å². The summed E-state index contributed by atoms with van der Waals surface area (Å²) in [6.45, 7) is 5.59. The molecular weight excluding hydrogens is 434 g/mol. The normalized spacial score (nSPS) is 13.9. The van der Waals surface area contributed by atoms with Crippen molar-refractivity contribution in [3.8, 4) is 0 Å². The maximum Gasteiger partial charge on any atom is 0.296 e. The second-order valence-electron chi connectivity index (χ2n) is 7.37. The molecule has 33 heavy (non-hydrogen) atoms. The average molecular weight is 462 g/mol. The largest absolute Gasteiger partial charge is 0.402 e. The molecule has 0 fully saturated rings. The first-order valence-corrected chi connectivity index (χ1v) is 10.3. The Bertz CT molecular complexity index is 1050. The van der Waals surface area contributed by atoms with E-state index in [1.54, 1.807) is 19.2 Å². The molecule has 5 nitrogen and oxygen atoms in total. The summed E-state index contributed by atoms with van der Waals surface area (Å²) in [6, 6.07) is 5.03. The van der Waals surface area contributed by atoms with Gasteiger partial charge in [0.1, 0.15) is 17.3 Å². The number of aromatic nitrogens is 1. The quantitative estimate of drug-likeness (QED) is 0.250. The Balaban J connectivity index is 2.51. The Morgan fingerprint density at radius 2 is 2.00 bits per heavy atom. The van der Waals surface area contributed by atoms with Gasteiger partial charge in [0.2, 0.25) is 0 Å². The molecule has 3 N–H and O–H groups in total. The fourth-order valence-corrected chi connectivity index (χ4v) is 3.10. The standard InChI is InChI=1S/C24H27F4N5/c1-4-12-33(32-16(3)5-2)19-7-9-23(31-15-19)24(27,28)21(14-18(30)10-11-29)20-8-6-17(25)13-22(20)26/h4,6-13,15,21,29H,5,14,30H2,1-3H3/b12-4-,18-10?,29-11?,32-16-. The van der Waals surface area contributed by atoms with Gasteiger partial charge in [-0.2, -0.15) is 13.9 Å². The molecule has 1 atom stereocenters. The lowest BCUT2D eigenvalue weighted by Crippen LogP contribution is -2.28. The van der Waals surface area contributed by atoms with Crippen molar-refractivity contribution in [3.63, 3.8) is 0 Å². The Hall–Kier alpha value is -3.49. The van der Waals surface area contributed by atoms with E-state index in [1.807, 2.05) is 13.8 Å². The van der Waals surface area contributed by atoms with Gasteiger partial charge in [-0.1, -0.05) is 19.1 Å². The molecular formula is C24H27F4N5. The summed E-state index contributed by atoms with van der Waals surface area (Å²) in [6.07, 6.45) is 6.93. The number of allylic oxidation sites excluding steroid dienone is 3. The zero-order valence-corrected chi connectivity index (χ0v) is 18.7. The Labute approximate surface area is 190 Å². The van der Waals surface area contributed by atoms with Crippen molar-refractivity contribution in [1.29, 1.82) is 5.41 Å². The number of hydrogen-bond donors (Lipinski definition) is 2. The molecule has 0 aliphatic heterocycles. The second kappa shape index (κ2) is 11.4. The molecule has 1 aromatic heterocycles. The number of benzene rings is 1. The predicted octanol–water partition coefficient (Wildman–Crippen LogP) is 6.24. The zero-order valence-electron chi connectivity index (χ0n) is 18.7. The number of alkyl halides is 2. The highest BCUT2D eigenvalue weighted by atomic mass is 19.3. The van der Waals surface area contributed by atoms with E-state index in [4.69, 9.17) is 11.1 Å². The number of nitrogens with one attached hydrogen (secondary N) is 1. The van der Waals surface area contributed by atoms with Crippen molar-refractivity contribution in [2.45, 2.75) is 45.5 Å². The molecule has 0 saturated heterocycles. The number of halogens is 4. The molecule has 176 valence electrons. The molecule has 1 heterocycles. The first-order valence-electron chi connectivity index (χ1n) is 10.3. The molecule has 0 aliphatic carbocycles. The molecule has 1 unspecified atom stereocenters. The van der Waals surface area contributed by atoms with E-state index in [0.717, 1.165) is 36.2 Å². The summed E-state index contributed by atoms with van der Waals surface area (Å²) >= 11 is 0. The number of nitrogens with two attached hydrogens (primary N) is 1. The summed E-state index contributed by atoms with van der Waals surface area (Å²) in [4.78, 5) is 3.94. The van der Waals surface area contributed by atoms with Crippen LogP contribution in [0.2, 0.25) is 0 Å². The van der Waals surface area contributed by atoms with Crippen LogP contribution in [0.1, 0.15) is 50.8 Å². The van der Waals surface area contributed by atoms with E-state index in [9.17, 15) is 8.78 Å². The molecule has 0 radical (unpaired) electrons. The van der Waals surface area contributed by atoms with E-state index >= 15 is 8.78 Å². The molecule has 9 heteroatoms. The van der Waals surface area contributed by atoms with Crippen LogP contribution >= 0.6 is 0 Å². The van der Waals surface area contributed by atoms with E-state index < -0.39 is 41.2 Å². The third kappa shape index (κ3) is 6.50. The predicted molar refractivity (Wildman–Crippen MR) is 124 cm³/mol. The summed E-state index contributed by atoms with van der Waals surface area (Å²) in [7, 11) is 0. The van der Waals surface area contributed by atoms with Crippen LogP contribution in [-0.4, -0.2) is 16.9 Å². The SMILES string of the molecule is C/C=C\N(/N=C(/C)CC)c1ccc(C(F)(F)C(CC(N)=CC=N)c2ccc(F)cc2F)nc1. The highest BCUT2D eigenvalue weighted by molar-refractivity contribution is 5.82. The van der Waals surface area contributed by atoms with Gasteiger partial charge in [-0.15, -0.1) is 0 Å². The lowest BCUT2D eigenvalue weighted by molar-refractivity contribution is -0.0394. The highest BCUT2D eigenvalue weighted by Gasteiger charge is 2.45. The fourth-order valence-electron chi connectivity index (χ4n) is 3.10. The number of anilines is 1. The van der Waals surface area contributed by atoms with Crippen molar-refractivity contribution in [3.05, 3.63) is 83.5 Å². The van der Waals surface area contributed by atoms with Gasteiger partial charge in [0.25, 0.3) is 5.92 Å². The Morgan fingerprint density at radius 1 is 1.27 bits per heavy atom. The maximum absolute atomic E-state index is 15.6. The number of rotatable bonds is 10. The monoisotopic (exact) mass is 461 g/mol. The van der Waals surface area contributed by atoms with Gasteiger partial charge in [0.15, 0.2) is 0 Å². The van der Waals surface area contributed by atoms with E-state index in [-0.39, 0.29) is 5.70 Å². The third-order valence-electron chi connectivity index (χ3n) is 4.95. The van der Waals surface area contributed by atoms with Crippen LogP contribution in [0.25, 0.3) is 0 Å². The van der Waals surface area contributed by atoms with Crippen LogP contribution in [-0.2, 0) is 5.92 Å². The minimum Gasteiger partial charge on any atom is -0.402 e. The number of hydrazone groups is 1. The summed E-state index contributed by atoms with van der Waals surface area (Å²) in [5.74, 6) is -7.40. The number of hydrogen-bond acceptors (Lipinski definition) is 5. The first-order chi connectivity index (χ1) is 15.6. The Kier molecular flexibility index (Phi) is 8.90. The zero-order chi connectivity index (χ0) is 24.6. The molecule has 0 spiro atoms. The smallest absolute Gasteiger partial charge is 0.296 e. The van der Waals surface area contributed by atoms with Gasteiger partial charge in [-0.3, -0.25) is 4.98 Å². The molecule has 2 rings (SSSR count). The minimum absolute atomic E-state index is 0.0429. The van der Waals surface area contributed by atoms with Gasteiger partial charge >= 0.3 is 0 Å². The van der Waals surface area contributed by atoms with Crippen molar-refractivity contribution in [2.75, 3.05) is 5.01 Å². The second-order valence-corrected chi connectivity index (χ2v) is 7.37. The minimum atomic E-state index is -3.65. The molecule has 2 aromatic rings. The fraction of sp³-hybridized carbons (Fsp3) is 0.292. The maximum atomic E-state index is 15.6. The Morgan fingerprint density at radius 3 is 2.55 bits per heavy atom. The van der Waals surface area contributed by atoms with Crippen LogP contribution in [0, 0.1) is 17.0 Å². The first kappa shape index (κ1) is 25.8. The molecule has 0 aliphatic rings. The summed E-state index contributed by atoms with van der Waals surface area (Å²) in [5, 5.41) is 13.0. The van der Waals surface area contributed by atoms with Crippen LogP contribution in [0.15, 0.2) is 65.7 Å². The molecule has 0 bridgehead atoms. The average Bonchev–Trinajstić information content (AvgIpc) is 2.77. The molecule has 0 saturated carbocycles. The highest BCUT2D eigenvalue weighted by Crippen LogP contribution is 2.45. The van der Waals surface area contributed by atoms with Gasteiger partial charge < -0.3 is 11.1 Å². The van der Waals surface area contributed by atoms with Gasteiger partial charge in [-0.25, -0.2) is 13.8 Å². The van der Waals surface area contributed by atoms with Crippen molar-refractivity contribution < 1.29 is 17.6 Å². The van der Waals surface area contributed by atoms with Crippen LogP contribution in [0.5, 0.6) is 0 Å². The molecule has 0 amide bonds. The van der Waals surface area contributed by atoms with Crippen molar-refractivity contribution >= 4 is 17.6 Å². The summed E-state index contributed by atoms with van der Waals surface area (Å²) < 4.78 is 59.1. The summed E-state index contributed by atoms with van der Waals surface area (Å²) in [5.41, 5.74) is 6.03. The van der Waals surface area contributed by atoms with Crippen molar-refractivity contribution in [1.82, 2.24) is 4.98 Å². The van der Waals surface area contributed by atoms with E-state index in [1.165, 1.54) is 17.3 Å². The number of nitrogens with zero attached hydrogens (tertiary/aromatic N) is 3. The third-order valence-corrected chi connectivity index (χ3v) is 4.95. The van der Waals surface area contributed by atoms with Gasteiger partial charge in [-0.05, 0) is 50.1 Å².